The van der Waals surface area contributed by atoms with Crippen LogP contribution in [-0.4, -0.2) is 5.60 Å². The lowest BCUT2D eigenvalue weighted by Gasteiger charge is -2.13. The van der Waals surface area contributed by atoms with Crippen molar-refractivity contribution in [2.75, 3.05) is 0 Å². The fraction of sp³-hybridized carbons (Fsp3) is 0.400. The fourth-order valence-corrected chi connectivity index (χ4v) is 1.09. The Morgan fingerprint density at radius 3 is 2.18 bits per heavy atom. The van der Waals surface area contributed by atoms with E-state index in [4.69, 9.17) is 0 Å². The zero-order chi connectivity index (χ0) is 8.32. The van der Waals surface area contributed by atoms with Crippen molar-refractivity contribution < 1.29 is 5.11 Å². The van der Waals surface area contributed by atoms with Gasteiger partial charge in [0.2, 0.25) is 0 Å². The van der Waals surface area contributed by atoms with E-state index in [2.05, 4.69) is 0 Å². The number of hydrogen-bond acceptors (Lipinski definition) is 0. The standard InChI is InChI=1S/C10H13O/c1-10(2,11)8-9-6-4-3-5-7-9/h3-7H,8H2,1-2H3. The molecule has 0 bridgehead atoms. The highest BCUT2D eigenvalue weighted by molar-refractivity contribution is 5.16. The maximum atomic E-state index is 11.3. The number of rotatable bonds is 2. The SMILES string of the molecule is CC(C)([O])Cc1ccccc1. The highest BCUT2D eigenvalue weighted by Gasteiger charge is 2.14. The van der Waals surface area contributed by atoms with Gasteiger partial charge in [-0.15, -0.1) is 0 Å². The van der Waals surface area contributed by atoms with E-state index in [-0.39, 0.29) is 0 Å². The zero-order valence-electron chi connectivity index (χ0n) is 7.00. The van der Waals surface area contributed by atoms with Gasteiger partial charge in [0, 0.05) is 6.42 Å². The molecule has 1 radical (unpaired) electrons. The molecule has 1 aromatic carbocycles. The van der Waals surface area contributed by atoms with Crippen molar-refractivity contribution in [3.8, 4) is 0 Å². The van der Waals surface area contributed by atoms with E-state index in [9.17, 15) is 5.11 Å². The Hall–Kier alpha value is -0.820. The summed E-state index contributed by atoms with van der Waals surface area (Å²) in [6.45, 7) is 3.42. The predicted molar refractivity (Wildman–Crippen MR) is 44.9 cm³/mol. The Bertz CT molecular complexity index is 208. The van der Waals surface area contributed by atoms with Crippen molar-refractivity contribution in [1.29, 1.82) is 0 Å². The molecule has 1 aromatic rings. The third-order valence-electron chi connectivity index (χ3n) is 1.47. The molecule has 0 aliphatic rings. The van der Waals surface area contributed by atoms with Crippen LogP contribution in [0.1, 0.15) is 19.4 Å². The summed E-state index contributed by atoms with van der Waals surface area (Å²) in [6.07, 6.45) is 0.605. The van der Waals surface area contributed by atoms with Crippen LogP contribution in [0.3, 0.4) is 0 Å². The van der Waals surface area contributed by atoms with Gasteiger partial charge in [-0.05, 0) is 19.4 Å². The Morgan fingerprint density at radius 1 is 1.18 bits per heavy atom. The van der Waals surface area contributed by atoms with Crippen LogP contribution < -0.4 is 0 Å². The van der Waals surface area contributed by atoms with E-state index in [0.717, 1.165) is 5.56 Å². The van der Waals surface area contributed by atoms with Crippen molar-refractivity contribution in [1.82, 2.24) is 0 Å². The lowest BCUT2D eigenvalue weighted by atomic mass is 9.99. The largest absolute Gasteiger partial charge is 0.230 e. The van der Waals surface area contributed by atoms with Gasteiger partial charge in [-0.3, -0.25) is 0 Å². The van der Waals surface area contributed by atoms with Gasteiger partial charge in [-0.2, -0.15) is 0 Å². The van der Waals surface area contributed by atoms with Crippen LogP contribution in [0.5, 0.6) is 0 Å². The topological polar surface area (TPSA) is 19.9 Å². The molecule has 1 rings (SSSR count). The van der Waals surface area contributed by atoms with E-state index in [1.807, 2.05) is 30.3 Å². The monoisotopic (exact) mass is 149 g/mol. The van der Waals surface area contributed by atoms with Crippen LogP contribution in [0.15, 0.2) is 30.3 Å². The second-order valence-electron chi connectivity index (χ2n) is 3.42. The van der Waals surface area contributed by atoms with Crippen molar-refractivity contribution in [2.24, 2.45) is 0 Å². The van der Waals surface area contributed by atoms with Crippen LogP contribution in [-0.2, 0) is 11.5 Å². The fourth-order valence-electron chi connectivity index (χ4n) is 1.09. The van der Waals surface area contributed by atoms with E-state index in [0.29, 0.717) is 6.42 Å². The minimum Gasteiger partial charge on any atom is -0.230 e. The highest BCUT2D eigenvalue weighted by Crippen LogP contribution is 2.11. The maximum absolute atomic E-state index is 11.3. The van der Waals surface area contributed by atoms with E-state index >= 15 is 0 Å². The summed E-state index contributed by atoms with van der Waals surface area (Å²) in [6, 6.07) is 9.85. The van der Waals surface area contributed by atoms with Gasteiger partial charge >= 0.3 is 0 Å². The summed E-state index contributed by atoms with van der Waals surface area (Å²) < 4.78 is 0. The summed E-state index contributed by atoms with van der Waals surface area (Å²) in [5.74, 6) is 0. The molecule has 0 fully saturated rings. The Balaban J connectivity index is 2.66. The predicted octanol–water partition coefficient (Wildman–Crippen LogP) is 2.44. The molecule has 0 saturated carbocycles. The Kier molecular flexibility index (Phi) is 2.30. The molecule has 1 nitrogen and oxygen atoms in total. The van der Waals surface area contributed by atoms with Crippen molar-refractivity contribution >= 4 is 0 Å². The van der Waals surface area contributed by atoms with Gasteiger partial charge in [-0.25, -0.2) is 5.11 Å². The molecule has 0 aromatic heterocycles. The van der Waals surface area contributed by atoms with Crippen molar-refractivity contribution in [3.63, 3.8) is 0 Å². The first-order valence-electron chi connectivity index (χ1n) is 3.82. The molecule has 11 heavy (non-hydrogen) atoms. The zero-order valence-corrected chi connectivity index (χ0v) is 7.00. The molecule has 0 aliphatic heterocycles. The first kappa shape index (κ1) is 8.28. The average Bonchev–Trinajstić information content (AvgIpc) is 1.85. The molecule has 0 heterocycles. The van der Waals surface area contributed by atoms with Crippen molar-refractivity contribution in [2.45, 2.75) is 25.9 Å². The maximum Gasteiger partial charge on any atom is 0.102 e. The molecule has 0 amide bonds. The second kappa shape index (κ2) is 3.05. The summed E-state index contributed by atoms with van der Waals surface area (Å²) in [4.78, 5) is 0. The lowest BCUT2D eigenvalue weighted by molar-refractivity contribution is 0.00479. The molecule has 0 saturated heterocycles. The molecule has 1 heteroatoms. The third kappa shape index (κ3) is 3.19. The summed E-state index contributed by atoms with van der Waals surface area (Å²) in [7, 11) is 0. The minimum atomic E-state index is -0.846. The van der Waals surface area contributed by atoms with Crippen molar-refractivity contribution in [3.05, 3.63) is 35.9 Å². The highest BCUT2D eigenvalue weighted by atomic mass is 16.3. The normalized spacial score (nSPS) is 11.5. The van der Waals surface area contributed by atoms with E-state index in [1.165, 1.54) is 0 Å². The molecular formula is C10H13O. The van der Waals surface area contributed by atoms with Gasteiger partial charge in [0.25, 0.3) is 0 Å². The van der Waals surface area contributed by atoms with Crippen LogP contribution in [0, 0.1) is 0 Å². The van der Waals surface area contributed by atoms with E-state index in [1.54, 1.807) is 13.8 Å². The van der Waals surface area contributed by atoms with Gasteiger partial charge in [0.05, 0.1) is 0 Å². The summed E-state index contributed by atoms with van der Waals surface area (Å²) >= 11 is 0. The van der Waals surface area contributed by atoms with Crippen LogP contribution in [0.4, 0.5) is 0 Å². The van der Waals surface area contributed by atoms with Gasteiger partial charge in [0.1, 0.15) is 5.60 Å². The molecule has 59 valence electrons. The van der Waals surface area contributed by atoms with Crippen LogP contribution >= 0.6 is 0 Å². The van der Waals surface area contributed by atoms with Crippen LogP contribution in [0.25, 0.3) is 0 Å². The number of hydrogen-bond donors (Lipinski definition) is 0. The molecule has 0 unspecified atom stereocenters. The molecule has 0 atom stereocenters. The Morgan fingerprint density at radius 2 is 1.73 bits per heavy atom. The molecule has 0 N–H and O–H groups in total. The lowest BCUT2D eigenvalue weighted by Crippen LogP contribution is -2.19. The van der Waals surface area contributed by atoms with Gasteiger partial charge in [0.15, 0.2) is 0 Å². The quantitative estimate of drug-likeness (QED) is 0.615. The third-order valence-corrected chi connectivity index (χ3v) is 1.47. The van der Waals surface area contributed by atoms with Gasteiger partial charge in [-0.1, -0.05) is 30.3 Å². The first-order valence-corrected chi connectivity index (χ1v) is 3.82. The smallest absolute Gasteiger partial charge is 0.102 e. The minimum absolute atomic E-state index is 0.605. The average molecular weight is 149 g/mol. The Labute approximate surface area is 67.7 Å². The molecule has 0 aliphatic carbocycles. The summed E-state index contributed by atoms with van der Waals surface area (Å²) in [5.41, 5.74) is 0.272. The molecular weight excluding hydrogens is 136 g/mol. The second-order valence-corrected chi connectivity index (χ2v) is 3.42. The van der Waals surface area contributed by atoms with E-state index < -0.39 is 5.60 Å². The van der Waals surface area contributed by atoms with Gasteiger partial charge < -0.3 is 0 Å². The molecule has 0 spiro atoms. The summed E-state index contributed by atoms with van der Waals surface area (Å²) in [5, 5.41) is 11.3. The first-order chi connectivity index (χ1) is 5.08. The van der Waals surface area contributed by atoms with Crippen LogP contribution in [0.2, 0.25) is 0 Å². The number of benzene rings is 1.